The van der Waals surface area contributed by atoms with Crippen molar-refractivity contribution in [1.29, 1.82) is 0 Å². The Bertz CT molecular complexity index is 621. The van der Waals surface area contributed by atoms with Crippen LogP contribution in [0, 0.1) is 5.41 Å². The molecule has 2 fully saturated rings. The molecule has 1 atom stereocenters. The van der Waals surface area contributed by atoms with E-state index in [0.717, 1.165) is 39.0 Å². The third kappa shape index (κ3) is 5.30. The molecule has 2 heterocycles. The van der Waals surface area contributed by atoms with Gasteiger partial charge in [-0.2, -0.15) is 4.98 Å². The van der Waals surface area contributed by atoms with E-state index in [-0.39, 0.29) is 17.4 Å². The van der Waals surface area contributed by atoms with Crippen LogP contribution in [0.1, 0.15) is 70.2 Å². The average molecular weight is 394 g/mol. The molecule has 1 unspecified atom stereocenters. The molecule has 1 amide bonds. The molecule has 1 aromatic heterocycles. The summed E-state index contributed by atoms with van der Waals surface area (Å²) in [6.45, 7) is 8.85. The maximum Gasteiger partial charge on any atom is 0.240 e. The smallest absolute Gasteiger partial charge is 0.240 e. The molecule has 2 aliphatic rings. The molecule has 1 aliphatic heterocycles. The highest BCUT2D eigenvalue weighted by atomic mass is 16.5. The summed E-state index contributed by atoms with van der Waals surface area (Å²) in [5.74, 6) is 1.45. The summed E-state index contributed by atoms with van der Waals surface area (Å²) in [5, 5.41) is 4.01. The van der Waals surface area contributed by atoms with E-state index in [0.29, 0.717) is 37.8 Å². The minimum absolute atomic E-state index is 0.0316. The van der Waals surface area contributed by atoms with Crippen molar-refractivity contribution in [2.75, 3.05) is 39.3 Å². The number of amides is 1. The van der Waals surface area contributed by atoms with Gasteiger partial charge in [-0.05, 0) is 38.6 Å². The Kier molecular flexibility index (Phi) is 7.42. The van der Waals surface area contributed by atoms with E-state index in [4.69, 9.17) is 15.0 Å². The highest BCUT2D eigenvalue weighted by Crippen LogP contribution is 2.38. The van der Waals surface area contributed by atoms with Gasteiger partial charge in [0.2, 0.25) is 11.8 Å². The van der Waals surface area contributed by atoms with Gasteiger partial charge in [-0.15, -0.1) is 0 Å². The summed E-state index contributed by atoms with van der Waals surface area (Å²) < 4.78 is 10.9. The van der Waals surface area contributed by atoms with Crippen LogP contribution in [0.3, 0.4) is 0 Å². The van der Waals surface area contributed by atoms with E-state index >= 15 is 0 Å². The van der Waals surface area contributed by atoms with E-state index in [2.05, 4.69) is 15.0 Å². The van der Waals surface area contributed by atoms with Crippen molar-refractivity contribution >= 4 is 5.91 Å². The van der Waals surface area contributed by atoms with Crippen LogP contribution in [0.4, 0.5) is 0 Å². The van der Waals surface area contributed by atoms with Gasteiger partial charge in [0.05, 0.1) is 6.54 Å². The summed E-state index contributed by atoms with van der Waals surface area (Å²) in [7, 11) is 0. The average Bonchev–Trinajstić information content (AvgIpc) is 3.18. The third-order valence-corrected chi connectivity index (χ3v) is 6.22. The van der Waals surface area contributed by atoms with Crippen LogP contribution in [0.5, 0.6) is 0 Å². The molecule has 8 heteroatoms. The lowest BCUT2D eigenvalue weighted by Crippen LogP contribution is -2.50. The summed E-state index contributed by atoms with van der Waals surface area (Å²) in [5.41, 5.74) is 6.09. The number of carbonyl (C=O) groups excluding carboxylic acids is 1. The minimum Gasteiger partial charge on any atom is -0.371 e. The molecular formula is C20H35N5O3. The Balaban J connectivity index is 1.46. The molecule has 158 valence electrons. The quantitative estimate of drug-likeness (QED) is 0.722. The fourth-order valence-corrected chi connectivity index (χ4v) is 4.36. The topological polar surface area (TPSA) is 97.7 Å². The molecule has 1 saturated heterocycles. The summed E-state index contributed by atoms with van der Waals surface area (Å²) in [4.78, 5) is 21.5. The number of carbonyl (C=O) groups is 1. The number of hydrogen-bond donors (Lipinski definition) is 1. The molecule has 0 aromatic carbocycles. The zero-order chi connectivity index (χ0) is 20.0. The molecule has 1 aromatic rings. The van der Waals surface area contributed by atoms with Gasteiger partial charge in [0.15, 0.2) is 5.82 Å². The number of rotatable bonds is 8. The SMILES string of the molecule is CCOC(C)c1noc(CN2CCN(C(=O)CC3(CN)CCCCC3)CC2)n1. The minimum atomic E-state index is -0.161. The first-order valence-corrected chi connectivity index (χ1v) is 10.7. The van der Waals surface area contributed by atoms with Gasteiger partial charge in [-0.1, -0.05) is 24.4 Å². The van der Waals surface area contributed by atoms with Crippen molar-refractivity contribution in [2.45, 2.75) is 65.0 Å². The zero-order valence-electron chi connectivity index (χ0n) is 17.4. The number of nitrogens with zero attached hydrogens (tertiary/aromatic N) is 4. The zero-order valence-corrected chi connectivity index (χ0v) is 17.4. The highest BCUT2D eigenvalue weighted by molar-refractivity contribution is 5.77. The van der Waals surface area contributed by atoms with Crippen LogP contribution in [0.15, 0.2) is 4.52 Å². The van der Waals surface area contributed by atoms with Gasteiger partial charge in [0.1, 0.15) is 6.10 Å². The first kappa shape index (κ1) is 21.2. The molecule has 3 rings (SSSR count). The van der Waals surface area contributed by atoms with Crippen molar-refractivity contribution in [1.82, 2.24) is 19.9 Å². The van der Waals surface area contributed by atoms with Gasteiger partial charge in [-0.3, -0.25) is 9.69 Å². The van der Waals surface area contributed by atoms with Crippen molar-refractivity contribution in [3.63, 3.8) is 0 Å². The lowest BCUT2D eigenvalue weighted by Gasteiger charge is -2.39. The molecule has 0 spiro atoms. The molecule has 1 aliphatic carbocycles. The molecular weight excluding hydrogens is 358 g/mol. The molecule has 8 nitrogen and oxygen atoms in total. The van der Waals surface area contributed by atoms with Gasteiger partial charge in [0, 0.05) is 39.2 Å². The van der Waals surface area contributed by atoms with Crippen molar-refractivity contribution in [3.8, 4) is 0 Å². The molecule has 2 N–H and O–H groups in total. The van der Waals surface area contributed by atoms with Gasteiger partial charge in [0.25, 0.3) is 0 Å². The van der Waals surface area contributed by atoms with Crippen LogP contribution >= 0.6 is 0 Å². The second kappa shape index (κ2) is 9.80. The van der Waals surface area contributed by atoms with Crippen molar-refractivity contribution in [2.24, 2.45) is 11.1 Å². The van der Waals surface area contributed by atoms with Crippen molar-refractivity contribution < 1.29 is 14.1 Å². The van der Waals surface area contributed by atoms with Gasteiger partial charge < -0.3 is 19.9 Å². The maximum atomic E-state index is 12.8. The Morgan fingerprint density at radius 3 is 2.61 bits per heavy atom. The second-order valence-electron chi connectivity index (χ2n) is 8.24. The normalized spacial score (nSPS) is 21.6. The Morgan fingerprint density at radius 1 is 1.25 bits per heavy atom. The van der Waals surface area contributed by atoms with Crippen LogP contribution in [-0.2, 0) is 16.1 Å². The fourth-order valence-electron chi connectivity index (χ4n) is 4.36. The highest BCUT2D eigenvalue weighted by Gasteiger charge is 2.35. The fraction of sp³-hybridized carbons (Fsp3) is 0.850. The predicted octanol–water partition coefficient (Wildman–Crippen LogP) is 2.11. The first-order valence-electron chi connectivity index (χ1n) is 10.7. The number of ether oxygens (including phenoxy) is 1. The van der Waals surface area contributed by atoms with E-state index in [1.54, 1.807) is 0 Å². The number of nitrogens with two attached hydrogens (primary N) is 1. The molecule has 28 heavy (non-hydrogen) atoms. The molecule has 0 radical (unpaired) electrons. The summed E-state index contributed by atoms with van der Waals surface area (Å²) >= 11 is 0. The Labute approximate surface area is 167 Å². The van der Waals surface area contributed by atoms with Crippen LogP contribution < -0.4 is 5.73 Å². The third-order valence-electron chi connectivity index (χ3n) is 6.22. The second-order valence-corrected chi connectivity index (χ2v) is 8.24. The van der Waals surface area contributed by atoms with Crippen LogP contribution in [0.25, 0.3) is 0 Å². The van der Waals surface area contributed by atoms with E-state index in [9.17, 15) is 4.79 Å². The number of piperazine rings is 1. The first-order chi connectivity index (χ1) is 13.5. The largest absolute Gasteiger partial charge is 0.371 e. The lowest BCUT2D eigenvalue weighted by molar-refractivity contribution is -0.136. The standard InChI is InChI=1S/C20H35N5O3/c1-3-27-16(2)19-22-17(28-23-19)14-24-9-11-25(12-10-24)18(26)13-20(15-21)7-5-4-6-8-20/h16H,3-15,21H2,1-2H3. The summed E-state index contributed by atoms with van der Waals surface area (Å²) in [6, 6.07) is 0. The van der Waals surface area contributed by atoms with E-state index in [1.165, 1.54) is 19.3 Å². The molecule has 0 bridgehead atoms. The van der Waals surface area contributed by atoms with Crippen molar-refractivity contribution in [3.05, 3.63) is 11.7 Å². The van der Waals surface area contributed by atoms with E-state index < -0.39 is 0 Å². The van der Waals surface area contributed by atoms with Crippen LogP contribution in [0.2, 0.25) is 0 Å². The van der Waals surface area contributed by atoms with Gasteiger partial charge in [-0.25, -0.2) is 0 Å². The lowest BCUT2D eigenvalue weighted by atomic mass is 9.71. The van der Waals surface area contributed by atoms with Gasteiger partial charge >= 0.3 is 0 Å². The Morgan fingerprint density at radius 2 is 1.96 bits per heavy atom. The predicted molar refractivity (Wildman–Crippen MR) is 105 cm³/mol. The number of aromatic nitrogens is 2. The summed E-state index contributed by atoms with van der Waals surface area (Å²) in [6.07, 6.45) is 6.30. The van der Waals surface area contributed by atoms with E-state index in [1.807, 2.05) is 18.7 Å². The maximum absolute atomic E-state index is 12.8. The number of hydrogen-bond acceptors (Lipinski definition) is 7. The Hall–Kier alpha value is -1.51. The monoisotopic (exact) mass is 393 g/mol. The van der Waals surface area contributed by atoms with Crippen LogP contribution in [-0.4, -0.2) is 65.2 Å². The molecule has 1 saturated carbocycles.